The molecule has 1 fully saturated rings. The van der Waals surface area contributed by atoms with E-state index in [2.05, 4.69) is 42.4 Å². The molecule has 0 radical (unpaired) electrons. The second-order valence-corrected chi connectivity index (χ2v) is 4.87. The van der Waals surface area contributed by atoms with Gasteiger partial charge in [-0.3, -0.25) is 0 Å². The minimum atomic E-state index is 0.451. The summed E-state index contributed by atoms with van der Waals surface area (Å²) in [6.45, 7) is 3.13. The van der Waals surface area contributed by atoms with Gasteiger partial charge in [0.05, 0.1) is 0 Å². The van der Waals surface area contributed by atoms with E-state index in [9.17, 15) is 0 Å². The molecule has 0 amide bonds. The van der Waals surface area contributed by atoms with Gasteiger partial charge in [-0.15, -0.1) is 12.3 Å². The topological polar surface area (TPSA) is 12.0 Å². The molecular formula is C16H21N. The van der Waals surface area contributed by atoms with E-state index >= 15 is 0 Å². The molecule has 1 heteroatoms. The Morgan fingerprint density at radius 3 is 2.82 bits per heavy atom. The maximum absolute atomic E-state index is 5.37. The number of rotatable bonds is 6. The monoisotopic (exact) mass is 227 g/mol. The first-order chi connectivity index (χ1) is 8.35. The first-order valence-corrected chi connectivity index (χ1v) is 6.59. The Morgan fingerprint density at radius 2 is 2.18 bits per heavy atom. The van der Waals surface area contributed by atoms with Crippen LogP contribution in [0.4, 0.5) is 0 Å². The summed E-state index contributed by atoms with van der Waals surface area (Å²) in [5, 5.41) is 3.57. The second kappa shape index (κ2) is 5.89. The maximum atomic E-state index is 5.37. The van der Waals surface area contributed by atoms with Crippen molar-refractivity contribution in [1.29, 1.82) is 0 Å². The maximum Gasteiger partial charge on any atom is 0.0240 e. The highest BCUT2D eigenvalue weighted by Crippen LogP contribution is 2.41. The van der Waals surface area contributed by atoms with Gasteiger partial charge in [-0.05, 0) is 36.3 Å². The molecule has 2 rings (SSSR count). The van der Waals surface area contributed by atoms with Gasteiger partial charge in [-0.2, -0.15) is 0 Å². The molecule has 0 aliphatic heterocycles. The summed E-state index contributed by atoms with van der Waals surface area (Å²) in [5.74, 6) is 3.56. The van der Waals surface area contributed by atoms with Crippen LogP contribution >= 0.6 is 0 Å². The summed E-state index contributed by atoms with van der Waals surface area (Å²) in [5.41, 5.74) is 2.99. The van der Waals surface area contributed by atoms with E-state index in [1.165, 1.54) is 24.0 Å². The van der Waals surface area contributed by atoms with Gasteiger partial charge in [0.2, 0.25) is 0 Å². The molecule has 17 heavy (non-hydrogen) atoms. The molecule has 0 saturated heterocycles. The van der Waals surface area contributed by atoms with Gasteiger partial charge in [-0.1, -0.05) is 31.2 Å². The Kier molecular flexibility index (Phi) is 4.23. The molecule has 1 unspecified atom stereocenters. The van der Waals surface area contributed by atoms with Gasteiger partial charge in [0.25, 0.3) is 0 Å². The summed E-state index contributed by atoms with van der Waals surface area (Å²) < 4.78 is 0. The van der Waals surface area contributed by atoms with Crippen molar-refractivity contribution in [2.24, 2.45) is 0 Å². The van der Waals surface area contributed by atoms with Crippen molar-refractivity contribution in [1.82, 2.24) is 5.32 Å². The van der Waals surface area contributed by atoms with Crippen molar-refractivity contribution in [2.75, 3.05) is 0 Å². The van der Waals surface area contributed by atoms with Crippen LogP contribution in [0.1, 0.15) is 49.7 Å². The van der Waals surface area contributed by atoms with Crippen LogP contribution in [0.2, 0.25) is 0 Å². The summed E-state index contributed by atoms with van der Waals surface area (Å²) in [4.78, 5) is 0. The van der Waals surface area contributed by atoms with Gasteiger partial charge in [-0.25, -0.2) is 0 Å². The molecule has 1 aliphatic rings. The molecule has 0 aromatic heterocycles. The van der Waals surface area contributed by atoms with Crippen LogP contribution in [0, 0.1) is 12.3 Å². The van der Waals surface area contributed by atoms with Crippen molar-refractivity contribution in [3.8, 4) is 12.3 Å². The number of hydrogen-bond donors (Lipinski definition) is 1. The quantitative estimate of drug-likeness (QED) is 0.734. The molecule has 1 aromatic rings. The van der Waals surface area contributed by atoms with Crippen molar-refractivity contribution >= 4 is 0 Å². The third-order valence-corrected chi connectivity index (χ3v) is 3.51. The van der Waals surface area contributed by atoms with Crippen LogP contribution in [0.25, 0.3) is 0 Å². The van der Waals surface area contributed by atoms with E-state index in [0.29, 0.717) is 6.04 Å². The highest BCUT2D eigenvalue weighted by molar-refractivity contribution is 5.33. The lowest BCUT2D eigenvalue weighted by Crippen LogP contribution is -2.27. The zero-order valence-corrected chi connectivity index (χ0v) is 10.6. The normalized spacial score (nSPS) is 16.5. The Bertz CT molecular complexity index is 398. The van der Waals surface area contributed by atoms with Gasteiger partial charge < -0.3 is 5.32 Å². The van der Waals surface area contributed by atoms with Crippen molar-refractivity contribution in [3.05, 3.63) is 35.4 Å². The first kappa shape index (κ1) is 12.2. The van der Waals surface area contributed by atoms with Crippen LogP contribution < -0.4 is 5.32 Å². The van der Waals surface area contributed by atoms with E-state index in [1.54, 1.807) is 0 Å². The van der Waals surface area contributed by atoms with Gasteiger partial charge in [0.15, 0.2) is 0 Å². The minimum Gasteiger partial charge on any atom is -0.309 e. The summed E-state index contributed by atoms with van der Waals surface area (Å²) in [7, 11) is 0. The molecule has 1 aromatic carbocycles. The molecule has 0 bridgehead atoms. The number of hydrogen-bond acceptors (Lipinski definition) is 1. The molecule has 1 nitrogen and oxygen atoms in total. The molecular weight excluding hydrogens is 206 g/mol. The van der Waals surface area contributed by atoms with E-state index < -0.39 is 0 Å². The number of nitrogens with one attached hydrogen (secondary N) is 1. The van der Waals surface area contributed by atoms with Gasteiger partial charge in [0.1, 0.15) is 0 Å². The molecule has 1 atom stereocenters. The molecule has 1 saturated carbocycles. The Balaban J connectivity index is 1.96. The molecule has 1 N–H and O–H groups in total. The smallest absolute Gasteiger partial charge is 0.0240 e. The van der Waals surface area contributed by atoms with Crippen molar-refractivity contribution in [3.63, 3.8) is 0 Å². The Hall–Kier alpha value is -1.26. The SMILES string of the molecule is C#CCC(CC)NCc1ccccc1C1CC1. The molecule has 90 valence electrons. The molecule has 0 heterocycles. The Labute approximate surface area is 105 Å². The van der Waals surface area contributed by atoms with Crippen LogP contribution in [0.15, 0.2) is 24.3 Å². The summed E-state index contributed by atoms with van der Waals surface area (Å²) >= 11 is 0. The number of benzene rings is 1. The van der Waals surface area contributed by atoms with E-state index in [1.807, 2.05) is 0 Å². The average molecular weight is 227 g/mol. The van der Waals surface area contributed by atoms with Crippen molar-refractivity contribution < 1.29 is 0 Å². The average Bonchev–Trinajstić information content (AvgIpc) is 3.19. The van der Waals surface area contributed by atoms with Crippen LogP contribution in [0.3, 0.4) is 0 Å². The van der Waals surface area contributed by atoms with Crippen LogP contribution in [0.5, 0.6) is 0 Å². The Morgan fingerprint density at radius 1 is 1.41 bits per heavy atom. The standard InChI is InChI=1S/C16H21N/c1-3-7-15(4-2)17-12-14-8-5-6-9-16(14)13-10-11-13/h1,5-6,8-9,13,15,17H,4,7,10-12H2,2H3. The number of terminal acetylenes is 1. The minimum absolute atomic E-state index is 0.451. The lowest BCUT2D eigenvalue weighted by atomic mass is 10.0. The molecule has 1 aliphatic carbocycles. The lowest BCUT2D eigenvalue weighted by Gasteiger charge is -2.16. The van der Waals surface area contributed by atoms with E-state index in [4.69, 9.17) is 6.42 Å². The van der Waals surface area contributed by atoms with Crippen LogP contribution in [-0.4, -0.2) is 6.04 Å². The predicted molar refractivity (Wildman–Crippen MR) is 72.8 cm³/mol. The summed E-state index contributed by atoms with van der Waals surface area (Å²) in [6.07, 6.45) is 10.0. The third kappa shape index (κ3) is 3.35. The van der Waals surface area contributed by atoms with E-state index in [0.717, 1.165) is 25.3 Å². The zero-order valence-electron chi connectivity index (χ0n) is 10.6. The van der Waals surface area contributed by atoms with Gasteiger partial charge in [0, 0.05) is 19.0 Å². The van der Waals surface area contributed by atoms with E-state index in [-0.39, 0.29) is 0 Å². The van der Waals surface area contributed by atoms with Crippen LogP contribution in [-0.2, 0) is 6.54 Å². The fourth-order valence-corrected chi connectivity index (χ4v) is 2.25. The third-order valence-electron chi connectivity index (χ3n) is 3.51. The predicted octanol–water partition coefficient (Wildman–Crippen LogP) is 3.46. The molecule has 0 spiro atoms. The largest absolute Gasteiger partial charge is 0.309 e. The fourth-order valence-electron chi connectivity index (χ4n) is 2.25. The zero-order chi connectivity index (χ0) is 12.1. The van der Waals surface area contributed by atoms with Gasteiger partial charge >= 0.3 is 0 Å². The highest BCUT2D eigenvalue weighted by Gasteiger charge is 2.25. The first-order valence-electron chi connectivity index (χ1n) is 6.59. The summed E-state index contributed by atoms with van der Waals surface area (Å²) in [6, 6.07) is 9.24. The fraction of sp³-hybridized carbons (Fsp3) is 0.500. The second-order valence-electron chi connectivity index (χ2n) is 4.87. The van der Waals surface area contributed by atoms with Crippen molar-refractivity contribution in [2.45, 2.75) is 51.1 Å². The highest BCUT2D eigenvalue weighted by atomic mass is 14.9. The lowest BCUT2D eigenvalue weighted by molar-refractivity contribution is 0.505.